The molecule has 0 saturated heterocycles. The molecule has 0 aliphatic heterocycles. The van der Waals surface area contributed by atoms with Crippen LogP contribution >= 0.6 is 23.2 Å². The summed E-state index contributed by atoms with van der Waals surface area (Å²) in [6.45, 7) is 0.220. The van der Waals surface area contributed by atoms with Crippen molar-refractivity contribution in [2.24, 2.45) is 0 Å². The Morgan fingerprint density at radius 3 is 1.67 bits per heavy atom. The summed E-state index contributed by atoms with van der Waals surface area (Å²) >= 11 is 11.7. The molecular formula is C24H25Cl2N5O9S2. The van der Waals surface area contributed by atoms with E-state index >= 15 is 0 Å². The molecule has 18 heteroatoms. The molecule has 0 saturated carbocycles. The molecule has 0 spiro atoms. The summed E-state index contributed by atoms with van der Waals surface area (Å²) in [6, 6.07) is 15.2. The van der Waals surface area contributed by atoms with Gasteiger partial charge in [-0.2, -0.15) is 0 Å². The number of urea groups is 1. The molecule has 226 valence electrons. The lowest BCUT2D eigenvalue weighted by Gasteiger charge is -2.09. The van der Waals surface area contributed by atoms with E-state index in [-0.39, 0.29) is 16.3 Å². The summed E-state index contributed by atoms with van der Waals surface area (Å²) in [7, 11) is -5.79. The number of nitrogen functional groups attached to an aromatic ring is 1. The summed E-state index contributed by atoms with van der Waals surface area (Å²) in [5, 5.41) is 5.98. The highest BCUT2D eigenvalue weighted by molar-refractivity contribution is 7.90. The van der Waals surface area contributed by atoms with E-state index in [1.807, 2.05) is 0 Å². The minimum atomic E-state index is -4.05. The van der Waals surface area contributed by atoms with Crippen molar-refractivity contribution in [3.05, 3.63) is 82.3 Å². The molecule has 42 heavy (non-hydrogen) atoms. The molecule has 0 aliphatic carbocycles. The van der Waals surface area contributed by atoms with Gasteiger partial charge in [0.25, 0.3) is 20.0 Å². The number of ether oxygens (including phenoxy) is 2. The molecule has 0 heterocycles. The van der Waals surface area contributed by atoms with Crippen molar-refractivity contribution in [3.63, 3.8) is 0 Å². The number of benzene rings is 3. The van der Waals surface area contributed by atoms with E-state index in [0.717, 1.165) is 19.8 Å². The van der Waals surface area contributed by atoms with Gasteiger partial charge in [0.1, 0.15) is 0 Å². The molecule has 0 aliphatic rings. The molecule has 3 rings (SSSR count). The van der Waals surface area contributed by atoms with Crippen molar-refractivity contribution in [1.82, 2.24) is 14.8 Å². The Hall–Kier alpha value is -4.25. The van der Waals surface area contributed by atoms with Gasteiger partial charge in [-0.25, -0.2) is 40.7 Å². The van der Waals surface area contributed by atoms with Crippen LogP contribution in [-0.2, 0) is 36.1 Å². The number of rotatable bonds is 7. The van der Waals surface area contributed by atoms with Crippen LogP contribution in [0.2, 0.25) is 10.0 Å². The number of hydrogen-bond donors (Lipinski definition) is 5. The molecule has 6 N–H and O–H groups in total. The smallest absolute Gasteiger partial charge is 0.420 e. The predicted molar refractivity (Wildman–Crippen MR) is 155 cm³/mol. The van der Waals surface area contributed by atoms with Gasteiger partial charge in [0.2, 0.25) is 0 Å². The van der Waals surface area contributed by atoms with E-state index in [1.165, 1.54) is 48.5 Å². The minimum Gasteiger partial charge on any atom is -0.452 e. The van der Waals surface area contributed by atoms with Crippen LogP contribution in [-0.4, -0.2) is 49.3 Å². The van der Waals surface area contributed by atoms with Crippen molar-refractivity contribution in [2.45, 2.75) is 16.3 Å². The third-order valence-corrected chi connectivity index (χ3v) is 8.25. The molecule has 0 bridgehead atoms. The molecular weight excluding hydrogens is 637 g/mol. The maximum Gasteiger partial charge on any atom is 0.420 e. The average molecular weight is 663 g/mol. The van der Waals surface area contributed by atoms with Crippen molar-refractivity contribution < 1.29 is 40.7 Å². The molecule has 0 fully saturated rings. The molecule has 14 nitrogen and oxygen atoms in total. The summed E-state index contributed by atoms with van der Waals surface area (Å²) < 4.78 is 58.6. The van der Waals surface area contributed by atoms with E-state index < -0.39 is 38.3 Å². The zero-order valence-corrected chi connectivity index (χ0v) is 25.0. The zero-order chi connectivity index (χ0) is 31.5. The van der Waals surface area contributed by atoms with Gasteiger partial charge in [0.15, 0.2) is 0 Å². The molecule has 4 amide bonds. The van der Waals surface area contributed by atoms with E-state index in [0.29, 0.717) is 21.4 Å². The number of nitrogens with one attached hydrogen (secondary N) is 4. The molecule has 0 atom stereocenters. The van der Waals surface area contributed by atoms with Gasteiger partial charge in [-0.3, -0.25) is 0 Å². The highest BCUT2D eigenvalue weighted by Crippen LogP contribution is 2.22. The van der Waals surface area contributed by atoms with Gasteiger partial charge in [0, 0.05) is 17.9 Å². The van der Waals surface area contributed by atoms with Crippen molar-refractivity contribution >= 4 is 72.8 Å². The second kappa shape index (κ2) is 15.1. The lowest BCUT2D eigenvalue weighted by molar-refractivity contribution is 0.176. The molecule has 0 unspecified atom stereocenters. The minimum absolute atomic E-state index is 0.0536. The summed E-state index contributed by atoms with van der Waals surface area (Å²) in [6.07, 6.45) is -2.13. The van der Waals surface area contributed by atoms with Crippen LogP contribution in [0.25, 0.3) is 0 Å². The largest absolute Gasteiger partial charge is 0.452 e. The van der Waals surface area contributed by atoms with E-state index in [9.17, 15) is 31.2 Å². The van der Waals surface area contributed by atoms with Crippen LogP contribution < -0.4 is 25.8 Å². The average Bonchev–Trinajstić information content (AvgIpc) is 2.94. The Kier molecular flexibility index (Phi) is 12.2. The maximum atomic E-state index is 11.9. The zero-order valence-electron chi connectivity index (χ0n) is 21.9. The molecule has 0 radical (unpaired) electrons. The summed E-state index contributed by atoms with van der Waals surface area (Å²) in [5.74, 6) is 0. The van der Waals surface area contributed by atoms with Crippen molar-refractivity contribution in [1.29, 1.82) is 0 Å². The van der Waals surface area contributed by atoms with Crippen molar-refractivity contribution in [3.8, 4) is 0 Å². The Balaban J connectivity index is 0.000000347. The van der Waals surface area contributed by atoms with Gasteiger partial charge in [-0.05, 0) is 66.2 Å². The highest BCUT2D eigenvalue weighted by Gasteiger charge is 2.18. The first-order valence-corrected chi connectivity index (χ1v) is 15.0. The summed E-state index contributed by atoms with van der Waals surface area (Å²) in [4.78, 5) is 33.5. The third kappa shape index (κ3) is 10.6. The Labute approximate surface area is 251 Å². The number of halogens is 2. The number of carbonyl (C=O) groups excluding carboxylic acids is 3. The fourth-order valence-corrected chi connectivity index (χ4v) is 4.94. The fourth-order valence-electron chi connectivity index (χ4n) is 2.79. The number of anilines is 2. The Morgan fingerprint density at radius 2 is 1.21 bits per heavy atom. The molecule has 0 aromatic heterocycles. The van der Waals surface area contributed by atoms with Gasteiger partial charge in [0.05, 0.1) is 34.1 Å². The Morgan fingerprint density at radius 1 is 0.738 bits per heavy atom. The van der Waals surface area contributed by atoms with Crippen LogP contribution in [0.4, 0.5) is 25.8 Å². The number of methoxy groups -OCH3 is 2. The molecule has 3 aromatic carbocycles. The van der Waals surface area contributed by atoms with Crippen LogP contribution in [0.5, 0.6) is 0 Å². The van der Waals surface area contributed by atoms with Crippen LogP contribution in [0, 0.1) is 0 Å². The highest BCUT2D eigenvalue weighted by atomic mass is 35.5. The molecule has 3 aromatic rings. The van der Waals surface area contributed by atoms with Gasteiger partial charge < -0.3 is 25.8 Å². The predicted octanol–water partition coefficient (Wildman–Crippen LogP) is 3.67. The second-order valence-corrected chi connectivity index (χ2v) is 12.0. The quantitative estimate of drug-likeness (QED) is 0.232. The number of carbonyl (C=O) groups is 3. The number of sulfonamides is 2. The second-order valence-electron chi connectivity index (χ2n) is 7.84. The number of hydrogen-bond acceptors (Lipinski definition) is 10. The first kappa shape index (κ1) is 34.0. The van der Waals surface area contributed by atoms with Gasteiger partial charge in [-0.15, -0.1) is 0 Å². The van der Waals surface area contributed by atoms with Gasteiger partial charge >= 0.3 is 18.2 Å². The third-order valence-electron chi connectivity index (χ3n) is 4.86. The fraction of sp³-hybridized carbons (Fsp3) is 0.125. The van der Waals surface area contributed by atoms with Crippen LogP contribution in [0.1, 0.15) is 5.56 Å². The summed E-state index contributed by atoms with van der Waals surface area (Å²) in [5.41, 5.74) is 6.95. The van der Waals surface area contributed by atoms with Crippen molar-refractivity contribution in [2.75, 3.05) is 25.3 Å². The van der Waals surface area contributed by atoms with E-state index in [1.54, 1.807) is 27.6 Å². The topological polar surface area (TPSA) is 212 Å². The SMILES string of the molecule is COC(=O)NS(=O)(=O)c1ccc(N)cc1.COC(=O)NS(=O)(=O)c1ccc(NC(=O)NCc2ccc(Cl)c(Cl)c2)cc1. The Bertz CT molecular complexity index is 1640. The normalized spacial score (nSPS) is 10.8. The lowest BCUT2D eigenvalue weighted by atomic mass is 10.2. The van der Waals surface area contributed by atoms with E-state index in [2.05, 4.69) is 20.1 Å². The van der Waals surface area contributed by atoms with E-state index in [4.69, 9.17) is 28.9 Å². The maximum absolute atomic E-state index is 11.9. The first-order valence-electron chi connectivity index (χ1n) is 11.3. The first-order chi connectivity index (χ1) is 19.7. The van der Waals surface area contributed by atoms with Crippen LogP contribution in [0.3, 0.4) is 0 Å². The number of amides is 4. The van der Waals surface area contributed by atoms with Gasteiger partial charge in [-0.1, -0.05) is 29.3 Å². The van der Waals surface area contributed by atoms with Crippen LogP contribution in [0.15, 0.2) is 76.5 Å². The monoisotopic (exact) mass is 661 g/mol. The standard InChI is InChI=1S/C16H15Cl2N3O5S.C8H10N2O4S/c1-26-16(23)21-27(24,25)12-5-3-11(4-6-12)20-15(22)19-9-10-2-7-13(17)14(18)8-10;1-14-8(11)10-15(12,13)7-4-2-6(9)3-5-7/h2-8H,9H2,1H3,(H,21,23)(H2,19,20,22);2-5H,9H2,1H3,(H,10,11). The number of nitrogens with two attached hydrogens (primary N) is 1. The lowest BCUT2D eigenvalue weighted by Crippen LogP contribution is -2.30.